The van der Waals surface area contributed by atoms with E-state index in [0.29, 0.717) is 17.1 Å². The molecule has 0 aromatic heterocycles. The Kier molecular flexibility index (Phi) is 6.95. The van der Waals surface area contributed by atoms with E-state index < -0.39 is 22.5 Å². The van der Waals surface area contributed by atoms with E-state index in [-0.39, 0.29) is 10.8 Å². The molecule has 0 spiro atoms. The van der Waals surface area contributed by atoms with Gasteiger partial charge in [0.25, 0.3) is 10.0 Å². The first-order chi connectivity index (χ1) is 15.1. The maximum absolute atomic E-state index is 13.4. The van der Waals surface area contributed by atoms with Gasteiger partial charge in [0.1, 0.15) is 6.54 Å². The molecule has 0 aliphatic carbocycles. The summed E-state index contributed by atoms with van der Waals surface area (Å²) in [5, 5.41) is 5.35. The minimum Gasteiger partial charge on any atom is -0.326 e. The van der Waals surface area contributed by atoms with Crippen molar-refractivity contribution in [2.45, 2.75) is 25.7 Å². The van der Waals surface area contributed by atoms with Gasteiger partial charge in [0.05, 0.1) is 10.6 Å². The van der Waals surface area contributed by atoms with Crippen LogP contribution in [0, 0.1) is 13.8 Å². The minimum atomic E-state index is -3.98. The van der Waals surface area contributed by atoms with Crippen molar-refractivity contribution in [3.05, 3.63) is 83.9 Å². The second kappa shape index (κ2) is 9.65. The van der Waals surface area contributed by atoms with Gasteiger partial charge in [-0.2, -0.15) is 0 Å². The molecule has 0 fully saturated rings. The maximum atomic E-state index is 13.4. The summed E-state index contributed by atoms with van der Waals surface area (Å²) in [6.07, 6.45) is 0. The molecule has 0 heterocycles. The summed E-state index contributed by atoms with van der Waals surface area (Å²) in [5.74, 6) is -0.746. The number of carbonyl (C=O) groups is 2. The van der Waals surface area contributed by atoms with E-state index in [2.05, 4.69) is 10.6 Å². The molecular formula is C24H25N3O4S. The third kappa shape index (κ3) is 5.73. The summed E-state index contributed by atoms with van der Waals surface area (Å²) in [6.45, 7) is 4.75. The van der Waals surface area contributed by atoms with Crippen LogP contribution in [0.25, 0.3) is 0 Å². The van der Waals surface area contributed by atoms with Crippen LogP contribution in [0.2, 0.25) is 0 Å². The number of amides is 2. The Morgan fingerprint density at radius 1 is 0.812 bits per heavy atom. The van der Waals surface area contributed by atoms with Crippen LogP contribution in [0.4, 0.5) is 17.1 Å². The number of nitrogens with zero attached hydrogens (tertiary/aromatic N) is 1. The average Bonchev–Trinajstić information content (AvgIpc) is 2.73. The Labute approximate surface area is 188 Å². The van der Waals surface area contributed by atoms with Gasteiger partial charge in [-0.25, -0.2) is 8.42 Å². The largest absolute Gasteiger partial charge is 0.326 e. The van der Waals surface area contributed by atoms with Crippen molar-refractivity contribution in [1.82, 2.24) is 0 Å². The number of anilines is 3. The Hall–Kier alpha value is -3.65. The normalized spacial score (nSPS) is 11.0. The molecule has 2 N–H and O–H groups in total. The number of hydrogen-bond acceptors (Lipinski definition) is 4. The van der Waals surface area contributed by atoms with Crippen LogP contribution in [0.3, 0.4) is 0 Å². The van der Waals surface area contributed by atoms with Crippen molar-refractivity contribution < 1.29 is 18.0 Å². The maximum Gasteiger partial charge on any atom is 0.264 e. The summed E-state index contributed by atoms with van der Waals surface area (Å²) in [5.41, 5.74) is 3.26. The van der Waals surface area contributed by atoms with Gasteiger partial charge in [0.2, 0.25) is 11.8 Å². The molecule has 3 aromatic carbocycles. The van der Waals surface area contributed by atoms with Gasteiger partial charge >= 0.3 is 0 Å². The summed E-state index contributed by atoms with van der Waals surface area (Å²) in [6, 6.07) is 20.1. The second-order valence-corrected chi connectivity index (χ2v) is 9.33. The fraction of sp³-hybridized carbons (Fsp3) is 0.167. The summed E-state index contributed by atoms with van der Waals surface area (Å²) in [4.78, 5) is 24.2. The van der Waals surface area contributed by atoms with Gasteiger partial charge in [-0.05, 0) is 56.3 Å². The highest BCUT2D eigenvalue weighted by molar-refractivity contribution is 7.92. The number of hydrogen-bond donors (Lipinski definition) is 2. The van der Waals surface area contributed by atoms with E-state index in [1.54, 1.807) is 60.7 Å². The van der Waals surface area contributed by atoms with E-state index in [4.69, 9.17) is 0 Å². The van der Waals surface area contributed by atoms with E-state index in [1.807, 2.05) is 13.8 Å². The quantitative estimate of drug-likeness (QED) is 0.565. The topological polar surface area (TPSA) is 95.6 Å². The third-order valence-corrected chi connectivity index (χ3v) is 6.47. The lowest BCUT2D eigenvalue weighted by Crippen LogP contribution is -2.38. The molecule has 3 aromatic rings. The Morgan fingerprint density at radius 2 is 1.34 bits per heavy atom. The number of sulfonamides is 1. The van der Waals surface area contributed by atoms with Crippen molar-refractivity contribution in [3.8, 4) is 0 Å². The van der Waals surface area contributed by atoms with E-state index in [1.165, 1.54) is 19.1 Å². The highest BCUT2D eigenvalue weighted by Gasteiger charge is 2.27. The number of benzene rings is 3. The van der Waals surface area contributed by atoms with Crippen LogP contribution >= 0.6 is 0 Å². The number of carbonyl (C=O) groups excluding carboxylic acids is 2. The lowest BCUT2D eigenvalue weighted by atomic mass is 10.2. The summed E-state index contributed by atoms with van der Waals surface area (Å²) in [7, 11) is -3.98. The molecule has 166 valence electrons. The number of aryl methyl sites for hydroxylation is 2. The van der Waals surface area contributed by atoms with Crippen molar-refractivity contribution in [3.63, 3.8) is 0 Å². The van der Waals surface area contributed by atoms with Crippen LogP contribution in [0.5, 0.6) is 0 Å². The Bertz CT molecular complexity index is 1220. The molecule has 32 heavy (non-hydrogen) atoms. The van der Waals surface area contributed by atoms with Gasteiger partial charge in [-0.15, -0.1) is 0 Å². The van der Waals surface area contributed by atoms with E-state index in [9.17, 15) is 18.0 Å². The first-order valence-electron chi connectivity index (χ1n) is 9.99. The molecule has 7 nitrogen and oxygen atoms in total. The van der Waals surface area contributed by atoms with Crippen molar-refractivity contribution >= 4 is 38.9 Å². The molecular weight excluding hydrogens is 426 g/mol. The molecule has 0 atom stereocenters. The van der Waals surface area contributed by atoms with Gasteiger partial charge in [0, 0.05) is 18.3 Å². The van der Waals surface area contributed by atoms with Gasteiger partial charge in [-0.1, -0.05) is 41.5 Å². The van der Waals surface area contributed by atoms with Gasteiger partial charge in [-0.3, -0.25) is 13.9 Å². The molecule has 0 bridgehead atoms. The zero-order valence-electron chi connectivity index (χ0n) is 18.1. The molecule has 2 amide bonds. The average molecular weight is 452 g/mol. The van der Waals surface area contributed by atoms with Crippen LogP contribution in [-0.2, 0) is 19.6 Å². The summed E-state index contributed by atoms with van der Waals surface area (Å²) >= 11 is 0. The van der Waals surface area contributed by atoms with Crippen LogP contribution in [0.1, 0.15) is 18.1 Å². The first-order valence-corrected chi connectivity index (χ1v) is 11.4. The first kappa shape index (κ1) is 23.0. The van der Waals surface area contributed by atoms with Crippen LogP contribution < -0.4 is 14.9 Å². The second-order valence-electron chi connectivity index (χ2n) is 7.47. The zero-order chi connectivity index (χ0) is 23.3. The summed E-state index contributed by atoms with van der Waals surface area (Å²) < 4.78 is 27.9. The highest BCUT2D eigenvalue weighted by atomic mass is 32.2. The standard InChI is InChI=1S/C24H25N3O4S/c1-17-7-11-22(12-8-17)27(32(30,31)23-13-9-18(2)10-14-23)16-24(29)26-21-6-4-5-20(15-21)25-19(3)28/h4-15H,16H2,1-3H3,(H,25,28)(H,26,29). The van der Waals surface area contributed by atoms with Crippen molar-refractivity contribution in [2.24, 2.45) is 0 Å². The van der Waals surface area contributed by atoms with Crippen LogP contribution in [0.15, 0.2) is 77.7 Å². The molecule has 0 aliphatic rings. The lowest BCUT2D eigenvalue weighted by Gasteiger charge is -2.24. The van der Waals surface area contributed by atoms with Crippen molar-refractivity contribution in [2.75, 3.05) is 21.5 Å². The lowest BCUT2D eigenvalue weighted by molar-refractivity contribution is -0.115. The molecule has 0 saturated carbocycles. The third-order valence-electron chi connectivity index (χ3n) is 4.68. The molecule has 3 rings (SSSR count). The fourth-order valence-electron chi connectivity index (χ4n) is 3.07. The molecule has 0 unspecified atom stereocenters. The highest BCUT2D eigenvalue weighted by Crippen LogP contribution is 2.25. The fourth-order valence-corrected chi connectivity index (χ4v) is 4.49. The monoisotopic (exact) mass is 451 g/mol. The Balaban J connectivity index is 1.89. The molecule has 0 radical (unpaired) electrons. The number of rotatable bonds is 7. The molecule has 8 heteroatoms. The predicted molar refractivity (Wildman–Crippen MR) is 126 cm³/mol. The molecule has 0 saturated heterocycles. The van der Waals surface area contributed by atoms with Crippen molar-refractivity contribution in [1.29, 1.82) is 0 Å². The van der Waals surface area contributed by atoms with E-state index >= 15 is 0 Å². The van der Waals surface area contributed by atoms with E-state index in [0.717, 1.165) is 15.4 Å². The predicted octanol–water partition coefficient (Wildman–Crippen LogP) is 4.10. The minimum absolute atomic E-state index is 0.101. The van der Waals surface area contributed by atoms with Gasteiger partial charge in [0.15, 0.2) is 0 Å². The number of nitrogens with one attached hydrogen (secondary N) is 2. The van der Waals surface area contributed by atoms with Gasteiger partial charge < -0.3 is 10.6 Å². The molecule has 0 aliphatic heterocycles. The van der Waals surface area contributed by atoms with Crippen LogP contribution in [-0.4, -0.2) is 26.8 Å². The Morgan fingerprint density at radius 3 is 1.91 bits per heavy atom. The zero-order valence-corrected chi connectivity index (χ0v) is 18.9. The smallest absolute Gasteiger partial charge is 0.264 e. The SMILES string of the molecule is CC(=O)Nc1cccc(NC(=O)CN(c2ccc(C)cc2)S(=O)(=O)c2ccc(C)cc2)c1.